The van der Waals surface area contributed by atoms with E-state index < -0.39 is 0 Å². The van der Waals surface area contributed by atoms with Crippen LogP contribution in [0.25, 0.3) is 0 Å². The molecule has 0 bridgehead atoms. The van der Waals surface area contributed by atoms with E-state index in [-0.39, 0.29) is 30.2 Å². The molecule has 0 heterocycles. The minimum Gasteiger partial charge on any atom is -0.342 e. The average molecular weight is 264 g/mol. The van der Waals surface area contributed by atoms with E-state index in [2.05, 4.69) is 0 Å². The van der Waals surface area contributed by atoms with Crippen LogP contribution in [0.2, 0.25) is 0 Å². The molecular weight excluding hydrogens is 243 g/mol. The molecule has 0 aromatic heterocycles. The number of rotatable bonds is 3. The van der Waals surface area contributed by atoms with Gasteiger partial charge in [-0.05, 0) is 37.3 Å². The van der Waals surface area contributed by atoms with Gasteiger partial charge in [0.1, 0.15) is 5.82 Å². The third-order valence-corrected chi connectivity index (χ3v) is 3.98. The minimum absolute atomic E-state index is 0.0226. The quantitative estimate of drug-likeness (QED) is 0.908. The molecule has 0 atom stereocenters. The van der Waals surface area contributed by atoms with Crippen LogP contribution < -0.4 is 5.73 Å². The van der Waals surface area contributed by atoms with E-state index in [4.69, 9.17) is 5.73 Å². The van der Waals surface area contributed by atoms with Gasteiger partial charge < -0.3 is 10.6 Å². The summed E-state index contributed by atoms with van der Waals surface area (Å²) >= 11 is 0. The molecule has 1 aromatic carbocycles. The van der Waals surface area contributed by atoms with Crippen LogP contribution in [-0.4, -0.2) is 29.9 Å². The van der Waals surface area contributed by atoms with Gasteiger partial charge in [-0.25, -0.2) is 4.39 Å². The Balaban J connectivity index is 1.94. The largest absolute Gasteiger partial charge is 0.342 e. The highest BCUT2D eigenvalue weighted by molar-refractivity contribution is 5.78. The van der Waals surface area contributed by atoms with Crippen LogP contribution in [0, 0.1) is 5.82 Å². The van der Waals surface area contributed by atoms with Crippen LogP contribution in [0.4, 0.5) is 4.39 Å². The molecule has 1 aliphatic carbocycles. The van der Waals surface area contributed by atoms with Gasteiger partial charge in [0.25, 0.3) is 0 Å². The monoisotopic (exact) mass is 264 g/mol. The minimum atomic E-state index is -0.310. The van der Waals surface area contributed by atoms with Crippen molar-refractivity contribution in [2.24, 2.45) is 5.73 Å². The van der Waals surface area contributed by atoms with E-state index in [9.17, 15) is 9.18 Å². The van der Waals surface area contributed by atoms with Crippen molar-refractivity contribution in [1.29, 1.82) is 0 Å². The molecule has 1 saturated carbocycles. The van der Waals surface area contributed by atoms with Crippen molar-refractivity contribution in [3.8, 4) is 0 Å². The number of likely N-dealkylation sites (N-methyl/N-ethyl adjacent to an activating group) is 1. The number of nitrogens with two attached hydrogens (primary N) is 1. The average Bonchev–Trinajstić information content (AvgIpc) is 2.41. The van der Waals surface area contributed by atoms with Crippen molar-refractivity contribution in [2.75, 3.05) is 7.05 Å². The molecule has 2 N–H and O–H groups in total. The fraction of sp³-hybridized carbons (Fsp3) is 0.533. The summed E-state index contributed by atoms with van der Waals surface area (Å²) in [6.45, 7) is 0. The lowest BCUT2D eigenvalue weighted by Crippen LogP contribution is -2.42. The standard InChI is InChI=1S/C15H21FN2O/c1-18(13-8-6-12(17)7-9-13)15(19)10-11-4-2-3-5-14(11)16/h2-5,12-13H,6-10,17H2,1H3. The third-order valence-electron chi connectivity index (χ3n) is 3.98. The van der Waals surface area contributed by atoms with Crippen LogP contribution >= 0.6 is 0 Å². The molecule has 1 fully saturated rings. The summed E-state index contributed by atoms with van der Waals surface area (Å²) in [5, 5.41) is 0. The second-order valence-corrected chi connectivity index (χ2v) is 5.34. The van der Waals surface area contributed by atoms with Crippen molar-refractivity contribution in [2.45, 2.75) is 44.2 Å². The maximum absolute atomic E-state index is 13.5. The van der Waals surface area contributed by atoms with Crippen LogP contribution in [-0.2, 0) is 11.2 Å². The highest BCUT2D eigenvalue weighted by Crippen LogP contribution is 2.22. The fourth-order valence-corrected chi connectivity index (χ4v) is 2.62. The lowest BCUT2D eigenvalue weighted by molar-refractivity contribution is -0.131. The summed E-state index contributed by atoms with van der Waals surface area (Å²) in [7, 11) is 1.81. The van der Waals surface area contributed by atoms with Crippen molar-refractivity contribution < 1.29 is 9.18 Å². The first kappa shape index (κ1) is 14.0. The predicted octanol–water partition coefficient (Wildman–Crippen LogP) is 2.10. The second kappa shape index (κ2) is 6.15. The van der Waals surface area contributed by atoms with Gasteiger partial charge in [0.2, 0.25) is 5.91 Å². The lowest BCUT2D eigenvalue weighted by atomic mass is 9.91. The molecule has 0 aliphatic heterocycles. The molecule has 0 radical (unpaired) electrons. The second-order valence-electron chi connectivity index (χ2n) is 5.34. The Morgan fingerprint density at radius 3 is 2.58 bits per heavy atom. The zero-order chi connectivity index (χ0) is 13.8. The summed E-state index contributed by atoms with van der Waals surface area (Å²) in [5.74, 6) is -0.333. The number of nitrogens with zero attached hydrogens (tertiary/aromatic N) is 1. The molecule has 0 spiro atoms. The van der Waals surface area contributed by atoms with E-state index in [0.717, 1.165) is 25.7 Å². The molecular formula is C15H21FN2O. The first-order chi connectivity index (χ1) is 9.08. The number of amides is 1. The Hall–Kier alpha value is -1.42. The summed E-state index contributed by atoms with van der Waals surface area (Å²) < 4.78 is 13.5. The maximum Gasteiger partial charge on any atom is 0.227 e. The van der Waals surface area contributed by atoms with Crippen LogP contribution in [0.1, 0.15) is 31.2 Å². The topological polar surface area (TPSA) is 46.3 Å². The zero-order valence-electron chi connectivity index (χ0n) is 11.3. The van der Waals surface area contributed by atoms with Crippen molar-refractivity contribution in [1.82, 2.24) is 4.90 Å². The zero-order valence-corrected chi connectivity index (χ0v) is 11.3. The highest BCUT2D eigenvalue weighted by atomic mass is 19.1. The van der Waals surface area contributed by atoms with E-state index in [0.29, 0.717) is 5.56 Å². The SMILES string of the molecule is CN(C(=O)Cc1ccccc1F)C1CCC(N)CC1. The molecule has 3 nitrogen and oxygen atoms in total. The van der Waals surface area contributed by atoms with Gasteiger partial charge in [0, 0.05) is 19.1 Å². The van der Waals surface area contributed by atoms with Gasteiger partial charge in [-0.1, -0.05) is 18.2 Å². The normalized spacial score (nSPS) is 23.1. The molecule has 104 valence electrons. The molecule has 19 heavy (non-hydrogen) atoms. The van der Waals surface area contributed by atoms with E-state index in [1.807, 2.05) is 7.05 Å². The third kappa shape index (κ3) is 3.53. The number of carbonyl (C=O) groups excluding carboxylic acids is 1. The predicted molar refractivity (Wildman–Crippen MR) is 73.1 cm³/mol. The van der Waals surface area contributed by atoms with Gasteiger partial charge in [0.05, 0.1) is 6.42 Å². The van der Waals surface area contributed by atoms with E-state index >= 15 is 0 Å². The summed E-state index contributed by atoms with van der Waals surface area (Å²) in [6.07, 6.45) is 3.94. The number of benzene rings is 1. The molecule has 1 aliphatic rings. The maximum atomic E-state index is 13.5. The Labute approximate surface area is 113 Å². The Bertz CT molecular complexity index is 442. The lowest BCUT2D eigenvalue weighted by Gasteiger charge is -2.33. The van der Waals surface area contributed by atoms with Gasteiger partial charge in [-0.2, -0.15) is 0 Å². The highest BCUT2D eigenvalue weighted by Gasteiger charge is 2.25. The number of carbonyl (C=O) groups is 1. The summed E-state index contributed by atoms with van der Waals surface area (Å²) in [5.41, 5.74) is 6.33. The van der Waals surface area contributed by atoms with Crippen LogP contribution in [0.15, 0.2) is 24.3 Å². The molecule has 4 heteroatoms. The molecule has 2 rings (SSSR count). The van der Waals surface area contributed by atoms with Crippen LogP contribution in [0.5, 0.6) is 0 Å². The summed E-state index contributed by atoms with van der Waals surface area (Å²) in [4.78, 5) is 13.9. The summed E-state index contributed by atoms with van der Waals surface area (Å²) in [6, 6.07) is 6.96. The van der Waals surface area contributed by atoms with E-state index in [1.165, 1.54) is 6.07 Å². The van der Waals surface area contributed by atoms with Crippen molar-refractivity contribution in [3.63, 3.8) is 0 Å². The fourth-order valence-electron chi connectivity index (χ4n) is 2.62. The first-order valence-electron chi connectivity index (χ1n) is 6.82. The number of hydrogen-bond donors (Lipinski definition) is 1. The molecule has 0 unspecified atom stereocenters. The van der Waals surface area contributed by atoms with Gasteiger partial charge >= 0.3 is 0 Å². The Morgan fingerprint density at radius 1 is 1.32 bits per heavy atom. The first-order valence-corrected chi connectivity index (χ1v) is 6.82. The van der Waals surface area contributed by atoms with Gasteiger partial charge in [0.15, 0.2) is 0 Å². The number of halogens is 1. The van der Waals surface area contributed by atoms with Gasteiger partial charge in [-0.3, -0.25) is 4.79 Å². The van der Waals surface area contributed by atoms with Crippen molar-refractivity contribution in [3.05, 3.63) is 35.6 Å². The Kier molecular flexibility index (Phi) is 4.53. The molecule has 1 amide bonds. The smallest absolute Gasteiger partial charge is 0.227 e. The molecule has 1 aromatic rings. The van der Waals surface area contributed by atoms with Gasteiger partial charge in [-0.15, -0.1) is 0 Å². The van der Waals surface area contributed by atoms with E-state index in [1.54, 1.807) is 23.1 Å². The van der Waals surface area contributed by atoms with Crippen molar-refractivity contribution >= 4 is 5.91 Å². The number of hydrogen-bond acceptors (Lipinski definition) is 2. The van der Waals surface area contributed by atoms with Crippen LogP contribution in [0.3, 0.4) is 0 Å². The Morgan fingerprint density at radius 2 is 1.95 bits per heavy atom. The molecule has 0 saturated heterocycles.